The van der Waals surface area contributed by atoms with Crippen LogP contribution in [0.25, 0.3) is 0 Å². The maximum atomic E-state index is 15.1. The summed E-state index contributed by atoms with van der Waals surface area (Å²) in [5.74, 6) is 0. The van der Waals surface area contributed by atoms with Crippen LogP contribution in [0.3, 0.4) is 0 Å². The molecule has 0 bridgehead atoms. The summed E-state index contributed by atoms with van der Waals surface area (Å²) in [6, 6.07) is 11.1. The van der Waals surface area contributed by atoms with Crippen molar-refractivity contribution in [2.45, 2.75) is 17.1 Å². The molecule has 0 aliphatic carbocycles. The van der Waals surface area contributed by atoms with Crippen molar-refractivity contribution in [3.05, 3.63) is 59.2 Å². The maximum absolute atomic E-state index is 15.1. The molecule has 1 unspecified atom stereocenters. The van der Waals surface area contributed by atoms with Gasteiger partial charge in [-0.3, -0.25) is 0 Å². The molecule has 22 heavy (non-hydrogen) atoms. The van der Waals surface area contributed by atoms with Gasteiger partial charge in [-0.05, 0) is 29.8 Å². The zero-order valence-corrected chi connectivity index (χ0v) is 13.2. The molecule has 2 aromatic rings. The van der Waals surface area contributed by atoms with Gasteiger partial charge in [0.15, 0.2) is 10.7 Å². The van der Waals surface area contributed by atoms with Gasteiger partial charge in [0.25, 0.3) is 10.0 Å². The van der Waals surface area contributed by atoms with Crippen molar-refractivity contribution in [2.75, 3.05) is 13.1 Å². The number of rotatable bonds is 3. The lowest BCUT2D eigenvalue weighted by Gasteiger charge is -2.21. The zero-order chi connectivity index (χ0) is 15.8. The minimum absolute atomic E-state index is 0.0645. The van der Waals surface area contributed by atoms with Crippen LogP contribution >= 0.6 is 11.6 Å². The van der Waals surface area contributed by atoms with Gasteiger partial charge in [0.2, 0.25) is 0 Å². The van der Waals surface area contributed by atoms with Crippen LogP contribution < -0.4 is 0 Å². The number of alkyl halides is 1. The van der Waals surface area contributed by atoms with E-state index in [0.717, 1.165) is 4.31 Å². The van der Waals surface area contributed by atoms with Gasteiger partial charge in [-0.1, -0.05) is 29.8 Å². The number of halogens is 2. The van der Waals surface area contributed by atoms with Crippen LogP contribution in [0.2, 0.25) is 5.02 Å². The maximum Gasteiger partial charge on any atom is 0.260 e. The molecule has 0 spiro atoms. The van der Waals surface area contributed by atoms with Crippen molar-refractivity contribution in [1.29, 1.82) is 0 Å². The van der Waals surface area contributed by atoms with Gasteiger partial charge in [0, 0.05) is 24.2 Å². The smallest absolute Gasteiger partial charge is 0.243 e. The highest BCUT2D eigenvalue weighted by atomic mass is 35.5. The molecule has 0 radical (unpaired) electrons. The minimum Gasteiger partial charge on any atom is -0.243 e. The van der Waals surface area contributed by atoms with E-state index in [0.29, 0.717) is 10.6 Å². The Balaban J connectivity index is 1.89. The van der Waals surface area contributed by atoms with Crippen molar-refractivity contribution in [1.82, 2.24) is 9.29 Å². The summed E-state index contributed by atoms with van der Waals surface area (Å²) in [6.07, 6.45) is 1.50. The third-order valence-electron chi connectivity index (χ3n) is 3.77. The normalized spacial score (nSPS) is 22.8. The molecule has 7 heteroatoms. The molecular formula is C15H14ClFN2O2S. The molecule has 3 rings (SSSR count). The Morgan fingerprint density at radius 2 is 2.05 bits per heavy atom. The van der Waals surface area contributed by atoms with E-state index in [1.54, 1.807) is 36.4 Å². The summed E-state index contributed by atoms with van der Waals surface area (Å²) in [5, 5.41) is 0.367. The Bertz CT molecular complexity index is 785. The molecule has 1 atom stereocenters. The summed E-state index contributed by atoms with van der Waals surface area (Å²) in [4.78, 5) is 3.86. The van der Waals surface area contributed by atoms with E-state index < -0.39 is 15.7 Å². The number of hydrogen-bond donors (Lipinski definition) is 0. The predicted molar refractivity (Wildman–Crippen MR) is 81.9 cm³/mol. The van der Waals surface area contributed by atoms with E-state index in [-0.39, 0.29) is 24.5 Å². The van der Waals surface area contributed by atoms with Crippen LogP contribution in [0, 0.1) is 0 Å². The lowest BCUT2D eigenvalue weighted by Crippen LogP contribution is -2.32. The van der Waals surface area contributed by atoms with E-state index >= 15 is 4.39 Å². The molecule has 0 N–H and O–H groups in total. The summed E-state index contributed by atoms with van der Waals surface area (Å²) in [6.45, 7) is -0.117. The van der Waals surface area contributed by atoms with E-state index in [9.17, 15) is 8.42 Å². The zero-order valence-electron chi connectivity index (χ0n) is 11.6. The molecule has 1 aromatic heterocycles. The summed E-state index contributed by atoms with van der Waals surface area (Å²) < 4.78 is 41.3. The quantitative estimate of drug-likeness (QED) is 0.863. The monoisotopic (exact) mass is 340 g/mol. The van der Waals surface area contributed by atoms with Gasteiger partial charge in [0.05, 0.1) is 6.54 Å². The van der Waals surface area contributed by atoms with Gasteiger partial charge >= 0.3 is 0 Å². The molecule has 1 aliphatic heterocycles. The highest BCUT2D eigenvalue weighted by molar-refractivity contribution is 7.89. The first kappa shape index (κ1) is 15.4. The molecule has 1 aliphatic rings. The average Bonchev–Trinajstić information content (AvgIpc) is 2.93. The van der Waals surface area contributed by atoms with Crippen LogP contribution in [0.15, 0.2) is 53.7 Å². The van der Waals surface area contributed by atoms with Crippen molar-refractivity contribution >= 4 is 21.6 Å². The summed E-state index contributed by atoms with van der Waals surface area (Å²) in [5.41, 5.74) is -1.33. The van der Waals surface area contributed by atoms with Crippen molar-refractivity contribution in [3.63, 3.8) is 0 Å². The number of benzene rings is 1. The fraction of sp³-hybridized carbons (Fsp3) is 0.267. The summed E-state index contributed by atoms with van der Waals surface area (Å²) in [7, 11) is -3.78. The molecular weight excluding hydrogens is 327 g/mol. The Hall–Kier alpha value is -1.50. The standard InChI is InChI=1S/C15H14ClFN2O2S/c16-13-5-3-4-12(10-13)15(17)7-9-19(11-15)22(20,21)14-6-1-2-8-18-14/h1-6,8,10H,7,9,11H2. The Morgan fingerprint density at radius 1 is 1.23 bits per heavy atom. The lowest BCUT2D eigenvalue weighted by molar-refractivity contribution is 0.183. The second-order valence-electron chi connectivity index (χ2n) is 5.23. The second-order valence-corrected chi connectivity index (χ2v) is 7.55. The number of aromatic nitrogens is 1. The van der Waals surface area contributed by atoms with Crippen LogP contribution in [0.1, 0.15) is 12.0 Å². The van der Waals surface area contributed by atoms with Crippen molar-refractivity contribution in [2.24, 2.45) is 0 Å². The third kappa shape index (κ3) is 2.74. The van der Waals surface area contributed by atoms with Gasteiger partial charge in [-0.15, -0.1) is 0 Å². The van der Waals surface area contributed by atoms with E-state index in [1.807, 2.05) is 0 Å². The first-order valence-electron chi connectivity index (χ1n) is 6.78. The average molecular weight is 341 g/mol. The SMILES string of the molecule is O=S(=O)(c1ccccn1)N1CCC(F)(c2cccc(Cl)c2)C1. The fourth-order valence-electron chi connectivity index (χ4n) is 2.58. The van der Waals surface area contributed by atoms with Crippen molar-refractivity contribution in [3.8, 4) is 0 Å². The van der Waals surface area contributed by atoms with Gasteiger partial charge in [-0.25, -0.2) is 17.8 Å². The van der Waals surface area contributed by atoms with Crippen molar-refractivity contribution < 1.29 is 12.8 Å². The number of pyridine rings is 1. The van der Waals surface area contributed by atoms with Gasteiger partial charge < -0.3 is 0 Å². The van der Waals surface area contributed by atoms with Gasteiger partial charge in [0.1, 0.15) is 0 Å². The Labute approximate surface area is 133 Å². The highest BCUT2D eigenvalue weighted by Gasteiger charge is 2.45. The highest BCUT2D eigenvalue weighted by Crippen LogP contribution is 2.38. The second kappa shape index (κ2) is 5.61. The molecule has 4 nitrogen and oxygen atoms in total. The van der Waals surface area contributed by atoms with Crippen LogP contribution in [-0.2, 0) is 15.7 Å². The summed E-state index contributed by atoms with van der Waals surface area (Å²) >= 11 is 5.90. The van der Waals surface area contributed by atoms with Crippen LogP contribution in [0.5, 0.6) is 0 Å². The number of nitrogens with zero attached hydrogens (tertiary/aromatic N) is 2. The molecule has 1 saturated heterocycles. The molecule has 116 valence electrons. The first-order valence-corrected chi connectivity index (χ1v) is 8.60. The molecule has 1 aromatic carbocycles. The van der Waals surface area contributed by atoms with E-state index in [4.69, 9.17) is 11.6 Å². The number of hydrogen-bond acceptors (Lipinski definition) is 3. The molecule has 0 amide bonds. The van der Waals surface area contributed by atoms with Crippen LogP contribution in [-0.4, -0.2) is 30.8 Å². The van der Waals surface area contributed by atoms with E-state index in [2.05, 4.69) is 4.98 Å². The number of sulfonamides is 1. The fourth-order valence-corrected chi connectivity index (χ4v) is 4.19. The third-order valence-corrected chi connectivity index (χ3v) is 5.77. The Morgan fingerprint density at radius 3 is 2.73 bits per heavy atom. The largest absolute Gasteiger partial charge is 0.260 e. The minimum atomic E-state index is -3.78. The lowest BCUT2D eigenvalue weighted by atomic mass is 9.95. The van der Waals surface area contributed by atoms with E-state index in [1.165, 1.54) is 12.3 Å². The Kier molecular flexibility index (Phi) is 3.92. The van der Waals surface area contributed by atoms with Crippen LogP contribution in [0.4, 0.5) is 4.39 Å². The molecule has 0 saturated carbocycles. The van der Waals surface area contributed by atoms with Gasteiger partial charge in [-0.2, -0.15) is 4.31 Å². The first-order chi connectivity index (χ1) is 10.4. The molecule has 2 heterocycles. The topological polar surface area (TPSA) is 50.3 Å². The molecule has 1 fully saturated rings. The predicted octanol–water partition coefficient (Wildman–Crippen LogP) is 2.99.